The molecule has 0 bridgehead atoms. The van der Waals surface area contributed by atoms with E-state index in [-0.39, 0.29) is 34.7 Å². The molecule has 0 radical (unpaired) electrons. The van der Waals surface area contributed by atoms with E-state index in [9.17, 15) is 10.2 Å². The van der Waals surface area contributed by atoms with Gasteiger partial charge in [-0.3, -0.25) is 4.98 Å². The number of aliphatic hydroxyl groups is 2. The number of nitrogens with one attached hydrogen (secondary N) is 1. The molecule has 2 aliphatic rings. The molecule has 4 atom stereocenters. The van der Waals surface area contributed by atoms with Crippen LogP contribution in [-0.2, 0) is 5.60 Å². The number of pyridine rings is 1. The van der Waals surface area contributed by atoms with Gasteiger partial charge in [0.05, 0.1) is 46.6 Å². The van der Waals surface area contributed by atoms with Crippen LogP contribution < -0.4 is 11.1 Å². The standard InChI is InChI=1S/C28H30F2N6O2/c1-15-9-16(10-22(31)26(15)37)19-5-8-32-14-24(19)34-27-33-13-18-3-4-23(35-36(18)27)25-20(29)11-17(12-21(25)30)28(38)6-2-7-28/h3-5,8,11-16,22,26,37-38H,2,6-7,9-10,31H2,1H3,(H,33,34). The molecule has 0 spiro atoms. The summed E-state index contributed by atoms with van der Waals surface area (Å²) < 4.78 is 31.8. The summed E-state index contributed by atoms with van der Waals surface area (Å²) in [4.78, 5) is 8.70. The lowest BCUT2D eigenvalue weighted by Crippen LogP contribution is -2.44. The summed E-state index contributed by atoms with van der Waals surface area (Å²) in [6, 6.07) is 7.26. The number of imidazole rings is 1. The van der Waals surface area contributed by atoms with E-state index in [1.54, 1.807) is 30.7 Å². The van der Waals surface area contributed by atoms with Crippen molar-refractivity contribution in [3.05, 3.63) is 71.7 Å². The van der Waals surface area contributed by atoms with E-state index in [1.807, 2.05) is 13.0 Å². The van der Waals surface area contributed by atoms with Crippen LogP contribution in [0.15, 0.2) is 48.9 Å². The number of nitrogens with zero attached hydrogens (tertiary/aromatic N) is 4. The highest BCUT2D eigenvalue weighted by Gasteiger charge is 2.37. The molecule has 6 rings (SSSR count). The van der Waals surface area contributed by atoms with Crippen LogP contribution in [0.1, 0.15) is 56.1 Å². The van der Waals surface area contributed by atoms with Gasteiger partial charge in [0.1, 0.15) is 11.6 Å². The van der Waals surface area contributed by atoms with Crippen LogP contribution >= 0.6 is 0 Å². The zero-order valence-corrected chi connectivity index (χ0v) is 21.0. The molecule has 4 aromatic rings. The van der Waals surface area contributed by atoms with E-state index in [0.29, 0.717) is 30.7 Å². The van der Waals surface area contributed by atoms with Crippen LogP contribution in [0.25, 0.3) is 16.8 Å². The van der Waals surface area contributed by atoms with Gasteiger partial charge in [-0.05, 0) is 85.4 Å². The van der Waals surface area contributed by atoms with Crippen molar-refractivity contribution in [1.29, 1.82) is 0 Å². The third-order valence-electron chi connectivity index (χ3n) is 8.18. The average molecular weight is 521 g/mol. The van der Waals surface area contributed by atoms with Gasteiger partial charge in [-0.1, -0.05) is 6.92 Å². The molecule has 38 heavy (non-hydrogen) atoms. The van der Waals surface area contributed by atoms with Gasteiger partial charge in [-0.15, -0.1) is 0 Å². The van der Waals surface area contributed by atoms with E-state index in [1.165, 1.54) is 16.6 Å². The Balaban J connectivity index is 1.34. The summed E-state index contributed by atoms with van der Waals surface area (Å²) in [5.41, 5.74) is 7.51. The van der Waals surface area contributed by atoms with Crippen LogP contribution in [0.5, 0.6) is 0 Å². The number of fused-ring (bicyclic) bond motifs is 1. The van der Waals surface area contributed by atoms with Gasteiger partial charge >= 0.3 is 0 Å². The first kappa shape index (κ1) is 24.8. The van der Waals surface area contributed by atoms with Crippen molar-refractivity contribution in [2.75, 3.05) is 5.32 Å². The summed E-state index contributed by atoms with van der Waals surface area (Å²) in [6.07, 6.45) is 7.72. The molecule has 8 nitrogen and oxygen atoms in total. The molecule has 2 fully saturated rings. The van der Waals surface area contributed by atoms with Crippen LogP contribution in [0.3, 0.4) is 0 Å². The predicted octanol–water partition coefficient (Wildman–Crippen LogP) is 4.39. The molecule has 10 heteroatoms. The van der Waals surface area contributed by atoms with E-state index in [4.69, 9.17) is 5.73 Å². The van der Waals surface area contributed by atoms with Gasteiger partial charge in [0.2, 0.25) is 5.95 Å². The number of rotatable bonds is 5. The molecular formula is C28H30F2N6O2. The van der Waals surface area contributed by atoms with Crippen molar-refractivity contribution in [3.63, 3.8) is 0 Å². The third kappa shape index (κ3) is 4.22. The topological polar surface area (TPSA) is 122 Å². The van der Waals surface area contributed by atoms with Gasteiger partial charge in [-0.25, -0.2) is 13.8 Å². The summed E-state index contributed by atoms with van der Waals surface area (Å²) in [5.74, 6) is -1.01. The molecule has 0 aliphatic heterocycles. The van der Waals surface area contributed by atoms with E-state index < -0.39 is 23.3 Å². The van der Waals surface area contributed by atoms with E-state index in [0.717, 1.165) is 24.1 Å². The van der Waals surface area contributed by atoms with E-state index >= 15 is 8.78 Å². The number of aliphatic hydroxyl groups excluding tert-OH is 1. The van der Waals surface area contributed by atoms with Gasteiger partial charge in [-0.2, -0.15) is 9.61 Å². The van der Waals surface area contributed by atoms with Crippen molar-refractivity contribution in [2.45, 2.75) is 62.7 Å². The molecule has 3 heterocycles. The Morgan fingerprint density at radius 3 is 2.55 bits per heavy atom. The fraction of sp³-hybridized carbons (Fsp3) is 0.393. The minimum absolute atomic E-state index is 0.0578. The van der Waals surface area contributed by atoms with Crippen molar-refractivity contribution in [1.82, 2.24) is 19.6 Å². The largest absolute Gasteiger partial charge is 0.391 e. The smallest absolute Gasteiger partial charge is 0.229 e. The Morgan fingerprint density at radius 1 is 1.11 bits per heavy atom. The minimum atomic E-state index is -1.17. The molecule has 198 valence electrons. The number of hydrogen-bond donors (Lipinski definition) is 4. The molecule has 2 saturated carbocycles. The number of aromatic nitrogens is 4. The third-order valence-corrected chi connectivity index (χ3v) is 8.18. The summed E-state index contributed by atoms with van der Waals surface area (Å²) in [5, 5.41) is 28.6. The zero-order valence-electron chi connectivity index (χ0n) is 21.0. The number of halogens is 2. The van der Waals surface area contributed by atoms with Crippen LogP contribution in [0.2, 0.25) is 0 Å². The second kappa shape index (κ2) is 9.37. The lowest BCUT2D eigenvalue weighted by atomic mass is 9.74. The Morgan fingerprint density at radius 2 is 1.87 bits per heavy atom. The lowest BCUT2D eigenvalue weighted by molar-refractivity contribution is -0.0392. The second-order valence-corrected chi connectivity index (χ2v) is 10.7. The number of nitrogens with two attached hydrogens (primary N) is 1. The fourth-order valence-corrected chi connectivity index (χ4v) is 5.80. The highest BCUT2D eigenvalue weighted by Crippen LogP contribution is 2.43. The zero-order chi connectivity index (χ0) is 26.6. The molecule has 4 unspecified atom stereocenters. The molecule has 0 saturated heterocycles. The van der Waals surface area contributed by atoms with Crippen LogP contribution in [0.4, 0.5) is 20.4 Å². The molecule has 0 amide bonds. The lowest BCUT2D eigenvalue weighted by Gasteiger charge is -2.37. The molecule has 3 aromatic heterocycles. The monoisotopic (exact) mass is 520 g/mol. The molecular weight excluding hydrogens is 490 g/mol. The van der Waals surface area contributed by atoms with E-state index in [2.05, 4.69) is 20.4 Å². The summed E-state index contributed by atoms with van der Waals surface area (Å²) >= 11 is 0. The number of hydrogen-bond acceptors (Lipinski definition) is 7. The SMILES string of the molecule is CC1CC(c2ccncc2Nc2ncc3ccc(-c4c(F)cc(C5(O)CCC5)cc4F)nn23)CC(N)C1O. The minimum Gasteiger partial charge on any atom is -0.391 e. The number of benzene rings is 1. The predicted molar refractivity (Wildman–Crippen MR) is 139 cm³/mol. The maximum Gasteiger partial charge on any atom is 0.229 e. The Labute approximate surface area is 218 Å². The first-order chi connectivity index (χ1) is 18.2. The highest BCUT2D eigenvalue weighted by molar-refractivity contribution is 5.66. The summed E-state index contributed by atoms with van der Waals surface area (Å²) in [7, 11) is 0. The molecule has 1 aromatic carbocycles. The van der Waals surface area contributed by atoms with Crippen molar-refractivity contribution < 1.29 is 19.0 Å². The Bertz CT molecular complexity index is 1470. The molecule has 2 aliphatic carbocycles. The van der Waals surface area contributed by atoms with Crippen LogP contribution in [0, 0.1) is 17.6 Å². The van der Waals surface area contributed by atoms with Gasteiger partial charge in [0, 0.05) is 12.2 Å². The van der Waals surface area contributed by atoms with Gasteiger partial charge in [0.15, 0.2) is 0 Å². The van der Waals surface area contributed by atoms with Crippen molar-refractivity contribution >= 4 is 17.2 Å². The van der Waals surface area contributed by atoms with Gasteiger partial charge < -0.3 is 21.3 Å². The van der Waals surface area contributed by atoms with Gasteiger partial charge in [0.25, 0.3) is 0 Å². The van der Waals surface area contributed by atoms with Crippen LogP contribution in [-0.4, -0.2) is 41.9 Å². The Kier molecular flexibility index (Phi) is 6.13. The first-order valence-corrected chi connectivity index (χ1v) is 12.9. The fourth-order valence-electron chi connectivity index (χ4n) is 5.80. The summed E-state index contributed by atoms with van der Waals surface area (Å²) in [6.45, 7) is 2.00. The van der Waals surface area contributed by atoms with Crippen molar-refractivity contribution in [3.8, 4) is 11.3 Å². The maximum atomic E-state index is 15.1. The normalized spacial score (nSPS) is 24.8. The maximum absolute atomic E-state index is 15.1. The second-order valence-electron chi connectivity index (χ2n) is 10.7. The molecule has 5 N–H and O–H groups in total. The Hall–Kier alpha value is -3.47. The number of anilines is 2. The average Bonchev–Trinajstić information content (AvgIpc) is 3.27. The highest BCUT2D eigenvalue weighted by atomic mass is 19.1. The van der Waals surface area contributed by atoms with Crippen molar-refractivity contribution in [2.24, 2.45) is 11.7 Å². The first-order valence-electron chi connectivity index (χ1n) is 12.9. The quantitative estimate of drug-likeness (QED) is 0.308.